The lowest BCUT2D eigenvalue weighted by atomic mass is 10.00. The minimum absolute atomic E-state index is 0.169. The Morgan fingerprint density at radius 2 is 1.97 bits per heavy atom. The molecule has 0 unspecified atom stereocenters. The van der Waals surface area contributed by atoms with Crippen molar-refractivity contribution in [1.29, 1.82) is 0 Å². The molecule has 1 amide bonds. The molecule has 150 valence electrons. The van der Waals surface area contributed by atoms with Crippen molar-refractivity contribution in [2.75, 3.05) is 18.0 Å². The van der Waals surface area contributed by atoms with E-state index < -0.39 is 0 Å². The Balaban J connectivity index is 1.24. The van der Waals surface area contributed by atoms with Gasteiger partial charge < -0.3 is 4.74 Å². The summed E-state index contributed by atoms with van der Waals surface area (Å²) in [4.78, 5) is 14.4. The molecule has 7 nitrogen and oxygen atoms in total. The van der Waals surface area contributed by atoms with Gasteiger partial charge in [0.1, 0.15) is 17.6 Å². The normalized spacial score (nSPS) is 18.1. The second kappa shape index (κ2) is 7.68. The minimum atomic E-state index is -0.219. The third-order valence-corrected chi connectivity index (χ3v) is 6.84. The van der Waals surface area contributed by atoms with Crippen LogP contribution >= 0.6 is 11.9 Å². The highest BCUT2D eigenvalue weighted by Crippen LogP contribution is 2.35. The molecule has 1 aromatic heterocycles. The number of carbonyl (C=O) groups is 1. The average molecular weight is 410 g/mol. The molecule has 1 saturated heterocycles. The van der Waals surface area contributed by atoms with Crippen molar-refractivity contribution in [2.24, 2.45) is 0 Å². The summed E-state index contributed by atoms with van der Waals surface area (Å²) in [6.07, 6.45) is 1.63. The van der Waals surface area contributed by atoms with Crippen LogP contribution in [0.5, 0.6) is 0 Å². The standard InChI is InChI=1S/C21H22N4O3S/c1-14-4-2-5-15-12-27-21(26)25(20(14)15)17-8-10-24(11-9-17)29-13-16-6-3-7-18-19(16)23-28-22-18/h2-7,17H,8-13H2,1H3. The number of amides is 1. The fourth-order valence-corrected chi connectivity index (χ4v) is 5.21. The number of ether oxygens (including phenoxy) is 1. The number of aromatic nitrogens is 2. The Labute approximate surface area is 173 Å². The van der Waals surface area contributed by atoms with E-state index in [2.05, 4.69) is 33.7 Å². The first-order chi connectivity index (χ1) is 14.2. The molecule has 29 heavy (non-hydrogen) atoms. The molecular formula is C21H22N4O3S. The number of fused-ring (bicyclic) bond motifs is 2. The summed E-state index contributed by atoms with van der Waals surface area (Å²) in [5, 5.41) is 7.93. The highest BCUT2D eigenvalue weighted by molar-refractivity contribution is 7.96. The van der Waals surface area contributed by atoms with Gasteiger partial charge in [0.2, 0.25) is 0 Å². The molecule has 1 fully saturated rings. The number of rotatable bonds is 4. The fraction of sp³-hybridized carbons (Fsp3) is 0.381. The lowest BCUT2D eigenvalue weighted by Crippen LogP contribution is -2.48. The zero-order chi connectivity index (χ0) is 19.8. The van der Waals surface area contributed by atoms with Crippen LogP contribution in [0.2, 0.25) is 0 Å². The van der Waals surface area contributed by atoms with Crippen LogP contribution in [0.1, 0.15) is 29.5 Å². The van der Waals surface area contributed by atoms with Gasteiger partial charge in [-0.2, -0.15) is 0 Å². The molecule has 0 radical (unpaired) electrons. The molecule has 2 aliphatic heterocycles. The Kier molecular flexibility index (Phi) is 4.89. The maximum atomic E-state index is 12.6. The van der Waals surface area contributed by atoms with E-state index in [0.29, 0.717) is 6.61 Å². The summed E-state index contributed by atoms with van der Waals surface area (Å²) in [5.41, 5.74) is 6.01. The molecule has 3 aromatic rings. The summed E-state index contributed by atoms with van der Waals surface area (Å²) in [7, 11) is 0. The predicted octanol–water partition coefficient (Wildman–Crippen LogP) is 4.30. The van der Waals surface area contributed by atoms with Crippen molar-refractivity contribution in [1.82, 2.24) is 14.6 Å². The highest BCUT2D eigenvalue weighted by Gasteiger charge is 2.35. The van der Waals surface area contributed by atoms with E-state index in [-0.39, 0.29) is 12.1 Å². The van der Waals surface area contributed by atoms with Crippen molar-refractivity contribution in [3.63, 3.8) is 0 Å². The van der Waals surface area contributed by atoms with Crippen LogP contribution in [0.25, 0.3) is 11.0 Å². The fourth-order valence-electron chi connectivity index (χ4n) is 4.18. The number of piperidine rings is 1. The van der Waals surface area contributed by atoms with Crippen molar-refractivity contribution in [2.45, 2.75) is 38.2 Å². The van der Waals surface area contributed by atoms with Crippen LogP contribution in [0.4, 0.5) is 10.5 Å². The molecule has 0 N–H and O–H groups in total. The van der Waals surface area contributed by atoms with Crippen molar-refractivity contribution in [3.8, 4) is 0 Å². The lowest BCUT2D eigenvalue weighted by molar-refractivity contribution is 0.136. The molecule has 0 atom stereocenters. The van der Waals surface area contributed by atoms with Crippen LogP contribution in [-0.2, 0) is 17.1 Å². The third kappa shape index (κ3) is 3.47. The van der Waals surface area contributed by atoms with Gasteiger partial charge in [0.15, 0.2) is 0 Å². The number of nitrogens with zero attached hydrogens (tertiary/aromatic N) is 4. The molecule has 2 aliphatic rings. The summed E-state index contributed by atoms with van der Waals surface area (Å²) in [6.45, 7) is 4.28. The first-order valence-corrected chi connectivity index (χ1v) is 10.8. The average Bonchev–Trinajstić information content (AvgIpc) is 3.23. The molecule has 8 heteroatoms. The topological polar surface area (TPSA) is 71.7 Å². The minimum Gasteiger partial charge on any atom is -0.444 e. The van der Waals surface area contributed by atoms with Gasteiger partial charge in [-0.1, -0.05) is 42.3 Å². The first-order valence-electron chi connectivity index (χ1n) is 9.83. The van der Waals surface area contributed by atoms with Crippen LogP contribution in [0.15, 0.2) is 41.0 Å². The third-order valence-electron chi connectivity index (χ3n) is 5.67. The molecule has 5 rings (SSSR count). The largest absolute Gasteiger partial charge is 0.444 e. The second-order valence-electron chi connectivity index (χ2n) is 7.49. The number of anilines is 1. The molecule has 0 aliphatic carbocycles. The van der Waals surface area contributed by atoms with Gasteiger partial charge in [0, 0.05) is 30.4 Å². The maximum absolute atomic E-state index is 12.6. The number of aryl methyl sites for hydroxylation is 1. The van der Waals surface area contributed by atoms with Gasteiger partial charge in [-0.15, -0.1) is 0 Å². The van der Waals surface area contributed by atoms with Crippen LogP contribution < -0.4 is 4.90 Å². The molecule has 3 heterocycles. The first kappa shape index (κ1) is 18.4. The van der Waals surface area contributed by atoms with Gasteiger partial charge in [0.05, 0.1) is 5.69 Å². The van der Waals surface area contributed by atoms with E-state index in [9.17, 15) is 4.79 Å². The Morgan fingerprint density at radius 1 is 1.14 bits per heavy atom. The summed E-state index contributed by atoms with van der Waals surface area (Å²) < 4.78 is 12.7. The van der Waals surface area contributed by atoms with Gasteiger partial charge in [-0.3, -0.25) is 9.21 Å². The van der Waals surface area contributed by atoms with E-state index in [1.165, 1.54) is 0 Å². The summed E-state index contributed by atoms with van der Waals surface area (Å²) >= 11 is 1.80. The molecule has 2 aromatic carbocycles. The summed E-state index contributed by atoms with van der Waals surface area (Å²) in [6, 6.07) is 12.3. The number of carbonyl (C=O) groups excluding carboxylic acids is 1. The van der Waals surface area contributed by atoms with E-state index in [0.717, 1.165) is 65.1 Å². The van der Waals surface area contributed by atoms with Crippen molar-refractivity contribution < 1.29 is 14.2 Å². The van der Waals surface area contributed by atoms with Gasteiger partial charge in [0.25, 0.3) is 0 Å². The van der Waals surface area contributed by atoms with Crippen LogP contribution in [0.3, 0.4) is 0 Å². The van der Waals surface area contributed by atoms with Gasteiger partial charge in [-0.05, 0) is 47.3 Å². The highest BCUT2D eigenvalue weighted by atomic mass is 32.2. The van der Waals surface area contributed by atoms with E-state index >= 15 is 0 Å². The molecule has 0 bridgehead atoms. The number of cyclic esters (lactones) is 1. The van der Waals surface area contributed by atoms with Crippen molar-refractivity contribution >= 4 is 34.8 Å². The second-order valence-corrected chi connectivity index (χ2v) is 8.55. The van der Waals surface area contributed by atoms with Crippen molar-refractivity contribution in [3.05, 3.63) is 53.1 Å². The monoisotopic (exact) mass is 410 g/mol. The quantitative estimate of drug-likeness (QED) is 0.594. The zero-order valence-corrected chi connectivity index (χ0v) is 17.0. The lowest BCUT2D eigenvalue weighted by Gasteiger charge is -2.40. The predicted molar refractivity (Wildman–Crippen MR) is 112 cm³/mol. The number of benzene rings is 2. The number of hydrogen-bond donors (Lipinski definition) is 0. The Morgan fingerprint density at radius 3 is 2.83 bits per heavy atom. The van der Waals surface area contributed by atoms with Gasteiger partial charge in [-0.25, -0.2) is 9.42 Å². The Hall–Kier alpha value is -2.58. The maximum Gasteiger partial charge on any atom is 0.414 e. The molecule has 0 spiro atoms. The zero-order valence-electron chi connectivity index (χ0n) is 16.2. The number of hydrogen-bond acceptors (Lipinski definition) is 7. The van der Waals surface area contributed by atoms with Gasteiger partial charge >= 0.3 is 6.09 Å². The van der Waals surface area contributed by atoms with E-state index in [1.54, 1.807) is 11.9 Å². The number of para-hydroxylation sites is 1. The Bertz CT molecular complexity index is 1050. The SMILES string of the molecule is Cc1cccc2c1N(C1CCN(SCc3cccc4nonc34)CC1)C(=O)OC2. The van der Waals surface area contributed by atoms with Crippen LogP contribution in [0, 0.1) is 6.92 Å². The molecular weight excluding hydrogens is 388 g/mol. The van der Waals surface area contributed by atoms with E-state index in [1.807, 2.05) is 29.2 Å². The van der Waals surface area contributed by atoms with Crippen LogP contribution in [-0.4, -0.2) is 39.8 Å². The summed E-state index contributed by atoms with van der Waals surface area (Å²) in [5.74, 6) is 0.823. The smallest absolute Gasteiger partial charge is 0.414 e. The van der Waals surface area contributed by atoms with E-state index in [4.69, 9.17) is 9.37 Å². The molecule has 0 saturated carbocycles.